The lowest BCUT2D eigenvalue weighted by atomic mass is 10.0. The summed E-state index contributed by atoms with van der Waals surface area (Å²) in [5.74, 6) is -0.844. The second-order valence-corrected chi connectivity index (χ2v) is 13.4. The molecule has 0 unspecified atom stereocenters. The predicted molar refractivity (Wildman–Crippen MR) is 176 cm³/mol. The van der Waals surface area contributed by atoms with Gasteiger partial charge in [-0.15, -0.1) is 0 Å². The predicted octanol–water partition coefficient (Wildman–Crippen LogP) is 6.32. The molecule has 0 heterocycles. The standard InChI is InChI=1S/C35H38ClN3O4S/c1-25(2)37-35(41)33(21-28-11-7-5-8-12-28)38(23-29-13-9-6-10-14-29)34(40)24-39(32-22-30(36)18-17-27(32)4)44(42,43)31-19-15-26(3)16-20-31/h5-20,22,25,33H,21,23-24H2,1-4H3,(H,37,41)/t33-/m1/s1. The molecular formula is C35H38ClN3O4S. The molecule has 230 valence electrons. The maximum Gasteiger partial charge on any atom is 0.264 e. The van der Waals surface area contributed by atoms with E-state index in [9.17, 15) is 18.0 Å². The van der Waals surface area contributed by atoms with Crippen molar-refractivity contribution in [3.05, 3.63) is 130 Å². The first-order valence-corrected chi connectivity index (χ1v) is 16.3. The highest BCUT2D eigenvalue weighted by Crippen LogP contribution is 2.30. The summed E-state index contributed by atoms with van der Waals surface area (Å²) in [5, 5.41) is 3.30. The molecule has 1 atom stereocenters. The molecule has 0 aliphatic carbocycles. The Morgan fingerprint density at radius 2 is 1.41 bits per heavy atom. The van der Waals surface area contributed by atoms with Crippen LogP contribution in [-0.2, 0) is 32.6 Å². The Bertz CT molecular complexity index is 1680. The van der Waals surface area contributed by atoms with E-state index in [1.165, 1.54) is 17.0 Å². The van der Waals surface area contributed by atoms with Gasteiger partial charge in [0.2, 0.25) is 11.8 Å². The van der Waals surface area contributed by atoms with E-state index < -0.39 is 28.5 Å². The zero-order valence-corrected chi connectivity index (χ0v) is 27.0. The number of hydrogen-bond acceptors (Lipinski definition) is 4. The Hall–Kier alpha value is -4.14. The van der Waals surface area contributed by atoms with Gasteiger partial charge in [-0.2, -0.15) is 0 Å². The van der Waals surface area contributed by atoms with Crippen molar-refractivity contribution >= 4 is 39.1 Å². The Kier molecular flexibility index (Phi) is 10.8. The van der Waals surface area contributed by atoms with E-state index in [0.29, 0.717) is 10.6 Å². The van der Waals surface area contributed by atoms with Crippen LogP contribution in [0.5, 0.6) is 0 Å². The number of aryl methyl sites for hydroxylation is 2. The highest BCUT2D eigenvalue weighted by molar-refractivity contribution is 7.92. The molecular weight excluding hydrogens is 594 g/mol. The third kappa shape index (κ3) is 8.27. The van der Waals surface area contributed by atoms with E-state index >= 15 is 0 Å². The van der Waals surface area contributed by atoms with Gasteiger partial charge in [-0.25, -0.2) is 8.42 Å². The highest BCUT2D eigenvalue weighted by atomic mass is 35.5. The van der Waals surface area contributed by atoms with Crippen molar-refractivity contribution in [1.29, 1.82) is 0 Å². The lowest BCUT2D eigenvalue weighted by Gasteiger charge is -2.34. The van der Waals surface area contributed by atoms with Crippen LogP contribution in [0.4, 0.5) is 5.69 Å². The van der Waals surface area contributed by atoms with Gasteiger partial charge in [-0.05, 0) is 68.7 Å². The van der Waals surface area contributed by atoms with Crippen LogP contribution in [0.1, 0.15) is 36.1 Å². The number of carbonyl (C=O) groups is 2. The first kappa shape index (κ1) is 32.8. The Labute approximate surface area is 265 Å². The smallest absolute Gasteiger partial charge is 0.264 e. The fraction of sp³-hybridized carbons (Fsp3) is 0.257. The summed E-state index contributed by atoms with van der Waals surface area (Å²) in [6.45, 7) is 6.93. The van der Waals surface area contributed by atoms with Gasteiger partial charge in [-0.1, -0.05) is 96.0 Å². The topological polar surface area (TPSA) is 86.8 Å². The maximum absolute atomic E-state index is 14.5. The summed E-state index contributed by atoms with van der Waals surface area (Å²) in [7, 11) is -4.21. The van der Waals surface area contributed by atoms with Crippen LogP contribution >= 0.6 is 11.6 Å². The molecule has 1 N–H and O–H groups in total. The summed E-state index contributed by atoms with van der Waals surface area (Å²) in [5.41, 5.74) is 3.50. The number of halogens is 1. The Morgan fingerprint density at radius 1 is 0.818 bits per heavy atom. The van der Waals surface area contributed by atoms with E-state index in [-0.39, 0.29) is 35.5 Å². The fourth-order valence-corrected chi connectivity index (χ4v) is 6.55. The fourth-order valence-electron chi connectivity index (χ4n) is 4.92. The second kappa shape index (κ2) is 14.6. The zero-order valence-electron chi connectivity index (χ0n) is 25.4. The summed E-state index contributed by atoms with van der Waals surface area (Å²) in [6, 6.07) is 29.2. The average Bonchev–Trinajstić information content (AvgIpc) is 2.99. The summed E-state index contributed by atoms with van der Waals surface area (Å²) in [4.78, 5) is 29.8. The van der Waals surface area contributed by atoms with Crippen LogP contribution in [0.15, 0.2) is 108 Å². The summed E-state index contributed by atoms with van der Waals surface area (Å²) < 4.78 is 29.5. The largest absolute Gasteiger partial charge is 0.352 e. The molecule has 0 bridgehead atoms. The quantitative estimate of drug-likeness (QED) is 0.198. The molecule has 2 amide bonds. The van der Waals surface area contributed by atoms with Gasteiger partial charge in [0.15, 0.2) is 0 Å². The maximum atomic E-state index is 14.5. The molecule has 0 aliphatic rings. The molecule has 0 saturated carbocycles. The molecule has 4 aromatic carbocycles. The molecule has 9 heteroatoms. The highest BCUT2D eigenvalue weighted by Gasteiger charge is 2.35. The van der Waals surface area contributed by atoms with Crippen LogP contribution in [0.3, 0.4) is 0 Å². The average molecular weight is 632 g/mol. The van der Waals surface area contributed by atoms with Crippen molar-refractivity contribution in [1.82, 2.24) is 10.2 Å². The molecule has 0 aromatic heterocycles. The van der Waals surface area contributed by atoms with Crippen molar-refractivity contribution in [3.63, 3.8) is 0 Å². The number of amides is 2. The minimum Gasteiger partial charge on any atom is -0.352 e. The monoisotopic (exact) mass is 631 g/mol. The van der Waals surface area contributed by atoms with Crippen molar-refractivity contribution in [2.45, 2.75) is 57.6 Å². The lowest BCUT2D eigenvalue weighted by molar-refractivity contribution is -0.140. The number of sulfonamides is 1. The third-order valence-corrected chi connectivity index (χ3v) is 9.23. The van der Waals surface area contributed by atoms with Crippen LogP contribution < -0.4 is 9.62 Å². The van der Waals surface area contributed by atoms with E-state index in [1.807, 2.05) is 81.4 Å². The van der Waals surface area contributed by atoms with Gasteiger partial charge >= 0.3 is 0 Å². The SMILES string of the molecule is Cc1ccc(S(=O)(=O)N(CC(=O)N(Cc2ccccc2)[C@H](Cc2ccccc2)C(=O)NC(C)C)c2cc(Cl)ccc2C)cc1. The van der Waals surface area contributed by atoms with Gasteiger partial charge in [0, 0.05) is 24.0 Å². The molecule has 44 heavy (non-hydrogen) atoms. The third-order valence-electron chi connectivity index (χ3n) is 7.23. The first-order chi connectivity index (χ1) is 21.0. The van der Waals surface area contributed by atoms with E-state index in [2.05, 4.69) is 5.32 Å². The zero-order chi connectivity index (χ0) is 31.9. The number of benzene rings is 4. The Balaban J connectivity index is 1.82. The van der Waals surface area contributed by atoms with Gasteiger partial charge in [0.25, 0.3) is 10.0 Å². The van der Waals surface area contributed by atoms with Gasteiger partial charge in [0.1, 0.15) is 12.6 Å². The molecule has 7 nitrogen and oxygen atoms in total. The molecule has 0 aliphatic heterocycles. The number of rotatable bonds is 12. The minimum absolute atomic E-state index is 0.0447. The molecule has 4 rings (SSSR count). The molecule has 0 radical (unpaired) electrons. The molecule has 0 saturated heterocycles. The second-order valence-electron chi connectivity index (χ2n) is 11.1. The van der Waals surface area contributed by atoms with Crippen LogP contribution in [0, 0.1) is 13.8 Å². The van der Waals surface area contributed by atoms with Crippen LogP contribution in [-0.4, -0.2) is 43.8 Å². The molecule has 4 aromatic rings. The number of nitrogens with one attached hydrogen (secondary N) is 1. The van der Waals surface area contributed by atoms with Crippen molar-refractivity contribution in [3.8, 4) is 0 Å². The summed E-state index contributed by atoms with van der Waals surface area (Å²) in [6.07, 6.45) is 0.249. The number of carbonyl (C=O) groups excluding carboxylic acids is 2. The normalized spacial score (nSPS) is 12.0. The lowest BCUT2D eigenvalue weighted by Crippen LogP contribution is -2.54. The van der Waals surface area contributed by atoms with Gasteiger partial charge in [0.05, 0.1) is 10.6 Å². The Morgan fingerprint density at radius 3 is 2.00 bits per heavy atom. The van der Waals surface area contributed by atoms with Crippen molar-refractivity contribution in [2.75, 3.05) is 10.8 Å². The van der Waals surface area contributed by atoms with Crippen LogP contribution in [0.25, 0.3) is 0 Å². The van der Waals surface area contributed by atoms with Crippen LogP contribution in [0.2, 0.25) is 5.02 Å². The number of anilines is 1. The number of nitrogens with zero attached hydrogens (tertiary/aromatic N) is 2. The molecule has 0 spiro atoms. The number of hydrogen-bond donors (Lipinski definition) is 1. The van der Waals surface area contributed by atoms with E-state index in [4.69, 9.17) is 11.6 Å². The van der Waals surface area contributed by atoms with Crippen molar-refractivity contribution < 1.29 is 18.0 Å². The van der Waals surface area contributed by atoms with E-state index in [1.54, 1.807) is 37.3 Å². The summed E-state index contributed by atoms with van der Waals surface area (Å²) >= 11 is 6.35. The van der Waals surface area contributed by atoms with E-state index in [0.717, 1.165) is 21.0 Å². The van der Waals surface area contributed by atoms with Crippen molar-refractivity contribution in [2.24, 2.45) is 0 Å². The molecule has 0 fully saturated rings. The van der Waals surface area contributed by atoms with Gasteiger partial charge in [-0.3, -0.25) is 13.9 Å². The first-order valence-electron chi connectivity index (χ1n) is 14.5. The minimum atomic E-state index is -4.21. The van der Waals surface area contributed by atoms with Gasteiger partial charge < -0.3 is 10.2 Å².